The van der Waals surface area contributed by atoms with Crippen LogP contribution >= 0.6 is 0 Å². The zero-order valence-electron chi connectivity index (χ0n) is 16.3. The molecule has 0 saturated heterocycles. The van der Waals surface area contributed by atoms with Crippen molar-refractivity contribution in [2.75, 3.05) is 13.7 Å². The van der Waals surface area contributed by atoms with E-state index in [9.17, 15) is 18.4 Å². The standard InChI is InChI=1S/C22H20F2N2O4/c1-29-19(27)11-30-18-7-3-6-16-21(18)20-12(22(25)28)8-9-17(20)26(16)10-13-14(23)4-2-5-15(13)24/h2-7,12H,8-11H2,1H3,(H2,25,28). The van der Waals surface area contributed by atoms with Gasteiger partial charge in [-0.2, -0.15) is 0 Å². The number of fused-ring (bicyclic) bond motifs is 3. The summed E-state index contributed by atoms with van der Waals surface area (Å²) in [4.78, 5) is 23.6. The van der Waals surface area contributed by atoms with Gasteiger partial charge in [-0.15, -0.1) is 0 Å². The summed E-state index contributed by atoms with van der Waals surface area (Å²) in [5.74, 6) is -2.48. The molecule has 1 atom stereocenters. The van der Waals surface area contributed by atoms with Crippen molar-refractivity contribution in [3.63, 3.8) is 0 Å². The Morgan fingerprint density at radius 1 is 1.17 bits per heavy atom. The van der Waals surface area contributed by atoms with Crippen LogP contribution in [0.25, 0.3) is 10.9 Å². The number of rotatable bonds is 6. The Bertz CT molecular complexity index is 1140. The fourth-order valence-corrected chi connectivity index (χ4v) is 4.14. The molecule has 0 saturated carbocycles. The molecule has 0 fully saturated rings. The molecule has 2 aromatic carbocycles. The zero-order chi connectivity index (χ0) is 21.4. The number of carbonyl (C=O) groups is 2. The molecule has 0 spiro atoms. The van der Waals surface area contributed by atoms with Crippen molar-refractivity contribution < 1.29 is 27.8 Å². The van der Waals surface area contributed by atoms with E-state index in [2.05, 4.69) is 4.74 Å². The third kappa shape index (κ3) is 3.28. The minimum Gasteiger partial charge on any atom is -0.481 e. The Labute approximate surface area is 171 Å². The quantitative estimate of drug-likeness (QED) is 0.629. The second-order valence-corrected chi connectivity index (χ2v) is 7.16. The lowest BCUT2D eigenvalue weighted by Gasteiger charge is -2.13. The van der Waals surface area contributed by atoms with Gasteiger partial charge in [-0.1, -0.05) is 12.1 Å². The van der Waals surface area contributed by atoms with Crippen LogP contribution in [-0.2, 0) is 27.3 Å². The fraction of sp³-hybridized carbons (Fsp3) is 0.273. The van der Waals surface area contributed by atoms with Gasteiger partial charge in [0.05, 0.1) is 25.1 Å². The van der Waals surface area contributed by atoms with E-state index in [1.807, 2.05) is 0 Å². The van der Waals surface area contributed by atoms with Gasteiger partial charge < -0.3 is 19.8 Å². The van der Waals surface area contributed by atoms with Gasteiger partial charge >= 0.3 is 5.97 Å². The maximum atomic E-state index is 14.3. The molecule has 8 heteroatoms. The molecule has 1 aliphatic rings. The Morgan fingerprint density at radius 2 is 1.87 bits per heavy atom. The van der Waals surface area contributed by atoms with Crippen molar-refractivity contribution in [2.24, 2.45) is 5.73 Å². The highest BCUT2D eigenvalue weighted by Crippen LogP contribution is 2.44. The molecule has 2 N–H and O–H groups in total. The monoisotopic (exact) mass is 414 g/mol. The van der Waals surface area contributed by atoms with Crippen molar-refractivity contribution in [2.45, 2.75) is 25.3 Å². The van der Waals surface area contributed by atoms with E-state index in [1.165, 1.54) is 25.3 Å². The Kier molecular flexibility index (Phi) is 5.15. The molecule has 30 heavy (non-hydrogen) atoms. The molecular formula is C22H20F2N2O4. The summed E-state index contributed by atoms with van der Waals surface area (Å²) >= 11 is 0. The number of carbonyl (C=O) groups excluding carboxylic acids is 2. The third-order valence-electron chi connectivity index (χ3n) is 5.51. The second-order valence-electron chi connectivity index (χ2n) is 7.16. The summed E-state index contributed by atoms with van der Waals surface area (Å²) in [5, 5.41) is 0.620. The van der Waals surface area contributed by atoms with Crippen LogP contribution in [-0.4, -0.2) is 30.2 Å². The molecule has 0 aliphatic heterocycles. The molecule has 1 heterocycles. The molecule has 3 aromatic rings. The van der Waals surface area contributed by atoms with Crippen LogP contribution in [0.1, 0.15) is 29.2 Å². The second kappa shape index (κ2) is 7.78. The maximum Gasteiger partial charge on any atom is 0.343 e. The number of nitrogens with zero attached hydrogens (tertiary/aromatic N) is 1. The highest BCUT2D eigenvalue weighted by atomic mass is 19.1. The third-order valence-corrected chi connectivity index (χ3v) is 5.51. The van der Waals surface area contributed by atoms with Crippen LogP contribution in [0.5, 0.6) is 5.75 Å². The number of benzene rings is 2. The number of halogens is 2. The van der Waals surface area contributed by atoms with Crippen LogP contribution in [0.3, 0.4) is 0 Å². The first-order chi connectivity index (χ1) is 14.4. The lowest BCUT2D eigenvalue weighted by Crippen LogP contribution is -2.19. The zero-order valence-corrected chi connectivity index (χ0v) is 16.3. The molecule has 0 bridgehead atoms. The predicted octanol–water partition coefficient (Wildman–Crippen LogP) is 3.03. The number of ether oxygens (including phenoxy) is 2. The predicted molar refractivity (Wildman–Crippen MR) is 105 cm³/mol. The lowest BCUT2D eigenvalue weighted by atomic mass is 9.99. The number of aromatic nitrogens is 1. The Morgan fingerprint density at radius 3 is 2.53 bits per heavy atom. The summed E-state index contributed by atoms with van der Waals surface area (Å²) < 4.78 is 40.7. The summed E-state index contributed by atoms with van der Waals surface area (Å²) in [7, 11) is 1.26. The highest BCUT2D eigenvalue weighted by molar-refractivity contribution is 5.97. The van der Waals surface area contributed by atoms with Gasteiger partial charge in [0, 0.05) is 16.6 Å². The number of methoxy groups -OCH3 is 1. The molecular weight excluding hydrogens is 394 g/mol. The van der Waals surface area contributed by atoms with Crippen LogP contribution < -0.4 is 10.5 Å². The van der Waals surface area contributed by atoms with Gasteiger partial charge in [-0.25, -0.2) is 13.6 Å². The van der Waals surface area contributed by atoms with Gasteiger partial charge in [-0.05, 0) is 42.7 Å². The molecule has 1 unspecified atom stereocenters. The minimum atomic E-state index is -0.645. The van der Waals surface area contributed by atoms with Crippen molar-refractivity contribution in [1.29, 1.82) is 0 Å². The smallest absolute Gasteiger partial charge is 0.343 e. The fourth-order valence-electron chi connectivity index (χ4n) is 4.14. The number of esters is 1. The average Bonchev–Trinajstić information content (AvgIpc) is 3.28. The molecule has 156 valence electrons. The van der Waals surface area contributed by atoms with E-state index in [0.29, 0.717) is 35.1 Å². The molecule has 6 nitrogen and oxygen atoms in total. The SMILES string of the molecule is COC(=O)COc1cccc2c1c1c(n2Cc2c(F)cccc2F)CCC1C(N)=O. The first-order valence-corrected chi connectivity index (χ1v) is 9.48. The van der Waals surface area contributed by atoms with Crippen molar-refractivity contribution in [1.82, 2.24) is 4.57 Å². The molecule has 0 radical (unpaired) electrons. The topological polar surface area (TPSA) is 83.6 Å². The summed E-state index contributed by atoms with van der Waals surface area (Å²) in [6.07, 6.45) is 1.03. The van der Waals surface area contributed by atoms with Crippen molar-refractivity contribution >= 4 is 22.8 Å². The summed E-state index contributed by atoms with van der Waals surface area (Å²) in [6.45, 7) is -0.352. The number of amides is 1. The molecule has 1 amide bonds. The van der Waals surface area contributed by atoms with Gasteiger partial charge in [0.1, 0.15) is 17.4 Å². The van der Waals surface area contributed by atoms with Gasteiger partial charge in [-0.3, -0.25) is 4.79 Å². The average molecular weight is 414 g/mol. The Balaban J connectivity index is 1.90. The lowest BCUT2D eigenvalue weighted by molar-refractivity contribution is -0.142. The maximum absolute atomic E-state index is 14.3. The Hall–Kier alpha value is -3.42. The molecule has 1 aliphatic carbocycles. The summed E-state index contributed by atoms with van der Waals surface area (Å²) in [6, 6.07) is 8.92. The molecule has 4 rings (SSSR count). The largest absolute Gasteiger partial charge is 0.481 e. The van der Waals surface area contributed by atoms with Crippen LogP contribution in [0.4, 0.5) is 8.78 Å². The van der Waals surface area contributed by atoms with Crippen molar-refractivity contribution in [3.05, 3.63) is 64.9 Å². The van der Waals surface area contributed by atoms with Crippen LogP contribution in [0, 0.1) is 11.6 Å². The van der Waals surface area contributed by atoms with Gasteiger partial charge in [0.2, 0.25) is 5.91 Å². The van der Waals surface area contributed by atoms with E-state index < -0.39 is 29.4 Å². The van der Waals surface area contributed by atoms with E-state index >= 15 is 0 Å². The van der Waals surface area contributed by atoms with E-state index in [0.717, 1.165) is 5.69 Å². The van der Waals surface area contributed by atoms with Crippen LogP contribution in [0.15, 0.2) is 36.4 Å². The minimum absolute atomic E-state index is 0.0454. The number of hydrogen-bond donors (Lipinski definition) is 1. The number of nitrogens with two attached hydrogens (primary N) is 1. The first kappa shape index (κ1) is 19.9. The van der Waals surface area contributed by atoms with Gasteiger partial charge in [0.25, 0.3) is 0 Å². The van der Waals surface area contributed by atoms with Gasteiger partial charge in [0.15, 0.2) is 6.61 Å². The first-order valence-electron chi connectivity index (χ1n) is 9.48. The van der Waals surface area contributed by atoms with E-state index in [1.54, 1.807) is 22.8 Å². The normalized spacial score (nSPS) is 15.2. The van der Waals surface area contributed by atoms with Crippen LogP contribution in [0.2, 0.25) is 0 Å². The highest BCUT2D eigenvalue weighted by Gasteiger charge is 2.35. The number of hydrogen-bond acceptors (Lipinski definition) is 4. The van der Waals surface area contributed by atoms with E-state index in [4.69, 9.17) is 10.5 Å². The molecule has 1 aromatic heterocycles. The van der Waals surface area contributed by atoms with Crippen molar-refractivity contribution in [3.8, 4) is 5.75 Å². The summed E-state index contributed by atoms with van der Waals surface area (Å²) in [5.41, 5.74) is 7.68. The van der Waals surface area contributed by atoms with E-state index in [-0.39, 0.29) is 18.7 Å². The number of primary amides is 1.